The monoisotopic (exact) mass is 422 g/mol. The quantitative estimate of drug-likeness (QED) is 0.415. The molecule has 0 aliphatic carbocycles. The predicted molar refractivity (Wildman–Crippen MR) is 119 cm³/mol. The zero-order chi connectivity index (χ0) is 22.5. The molecule has 156 valence electrons. The summed E-state index contributed by atoms with van der Waals surface area (Å²) >= 11 is 0. The van der Waals surface area contributed by atoms with Gasteiger partial charge in [0.1, 0.15) is 11.5 Å². The number of phenols is 1. The molecule has 0 atom stereocenters. The van der Waals surface area contributed by atoms with Gasteiger partial charge in [0.15, 0.2) is 5.78 Å². The van der Waals surface area contributed by atoms with Crippen LogP contribution in [0, 0.1) is 18.3 Å². The van der Waals surface area contributed by atoms with E-state index in [1.807, 2.05) is 6.92 Å². The third kappa shape index (κ3) is 4.55. The summed E-state index contributed by atoms with van der Waals surface area (Å²) in [6.07, 6.45) is 1.62. The molecule has 0 saturated carbocycles. The molecule has 0 saturated heterocycles. The van der Waals surface area contributed by atoms with Crippen LogP contribution in [0.15, 0.2) is 79.0 Å². The number of benzene rings is 3. The van der Waals surface area contributed by atoms with Crippen molar-refractivity contribution in [3.63, 3.8) is 0 Å². The first-order valence-corrected chi connectivity index (χ1v) is 9.75. The summed E-state index contributed by atoms with van der Waals surface area (Å²) in [5.41, 5.74) is 2.78. The minimum atomic E-state index is -0.233. The maximum absolute atomic E-state index is 13.0. The highest BCUT2D eigenvalue weighted by Crippen LogP contribution is 2.29. The number of anilines is 2. The molecular weight excluding hydrogens is 404 g/mol. The van der Waals surface area contributed by atoms with E-state index >= 15 is 0 Å². The van der Waals surface area contributed by atoms with Crippen molar-refractivity contribution >= 4 is 17.4 Å². The van der Waals surface area contributed by atoms with Crippen molar-refractivity contribution in [2.75, 3.05) is 5.32 Å². The zero-order valence-corrected chi connectivity index (χ0v) is 17.1. The summed E-state index contributed by atoms with van der Waals surface area (Å²) in [6.45, 7) is 1.81. The second-order valence-electron chi connectivity index (χ2n) is 6.97. The molecule has 7 nitrogen and oxygen atoms in total. The van der Waals surface area contributed by atoms with Crippen LogP contribution in [0.25, 0.3) is 0 Å². The molecule has 0 bridgehead atoms. The number of aromatic nitrogens is 2. The fourth-order valence-electron chi connectivity index (χ4n) is 2.96. The van der Waals surface area contributed by atoms with Gasteiger partial charge in [-0.1, -0.05) is 12.1 Å². The molecule has 0 aliphatic heterocycles. The number of ketones is 1. The van der Waals surface area contributed by atoms with Gasteiger partial charge >= 0.3 is 0 Å². The van der Waals surface area contributed by atoms with Gasteiger partial charge in [-0.05, 0) is 67.6 Å². The van der Waals surface area contributed by atoms with E-state index in [4.69, 9.17) is 10.00 Å². The summed E-state index contributed by atoms with van der Waals surface area (Å²) in [5, 5.41) is 21.5. The average Bonchev–Trinajstić information content (AvgIpc) is 2.82. The van der Waals surface area contributed by atoms with Crippen molar-refractivity contribution in [2.45, 2.75) is 6.92 Å². The number of hydrogen-bond donors (Lipinski definition) is 2. The van der Waals surface area contributed by atoms with Crippen molar-refractivity contribution < 1.29 is 14.6 Å². The lowest BCUT2D eigenvalue weighted by atomic mass is 10.0. The summed E-state index contributed by atoms with van der Waals surface area (Å²) in [6, 6.07) is 21.9. The maximum Gasteiger partial charge on any atom is 0.230 e. The first-order chi connectivity index (χ1) is 15.5. The van der Waals surface area contributed by atoms with E-state index < -0.39 is 0 Å². The lowest BCUT2D eigenvalue weighted by molar-refractivity contribution is 0.103. The number of nitrogens with one attached hydrogen (secondary N) is 1. The average molecular weight is 422 g/mol. The molecule has 0 fully saturated rings. The topological polar surface area (TPSA) is 108 Å². The molecule has 0 radical (unpaired) electrons. The molecule has 32 heavy (non-hydrogen) atoms. The molecule has 0 unspecified atom stereocenters. The highest BCUT2D eigenvalue weighted by Gasteiger charge is 2.16. The van der Waals surface area contributed by atoms with Crippen molar-refractivity contribution in [2.24, 2.45) is 0 Å². The fourth-order valence-corrected chi connectivity index (χ4v) is 2.96. The molecular formula is C25H18N4O3. The van der Waals surface area contributed by atoms with E-state index in [2.05, 4.69) is 21.4 Å². The van der Waals surface area contributed by atoms with E-state index in [9.17, 15) is 9.90 Å². The van der Waals surface area contributed by atoms with Gasteiger partial charge in [-0.3, -0.25) is 4.79 Å². The number of ether oxygens (including phenoxy) is 1. The van der Waals surface area contributed by atoms with E-state index in [0.717, 1.165) is 5.69 Å². The molecule has 4 aromatic rings. The largest absolute Gasteiger partial charge is 0.508 e. The SMILES string of the molecule is Cc1cnc(Nc2ccc(C#N)cc2)nc1Oc1ccccc1C(=O)c1ccc(O)cc1. The van der Waals surface area contributed by atoms with E-state index in [1.165, 1.54) is 12.1 Å². The summed E-state index contributed by atoms with van der Waals surface area (Å²) in [5.74, 6) is 0.838. The lowest BCUT2D eigenvalue weighted by Crippen LogP contribution is -2.05. The Bertz CT molecular complexity index is 1310. The number of para-hydroxylation sites is 1. The fraction of sp³-hybridized carbons (Fsp3) is 0.0400. The Hall–Kier alpha value is -4.70. The van der Waals surface area contributed by atoms with E-state index in [-0.39, 0.29) is 11.5 Å². The van der Waals surface area contributed by atoms with Gasteiger partial charge in [-0.15, -0.1) is 0 Å². The molecule has 2 N–H and O–H groups in total. The number of aromatic hydroxyl groups is 1. The van der Waals surface area contributed by atoms with Gasteiger partial charge in [-0.2, -0.15) is 10.2 Å². The Balaban J connectivity index is 1.60. The van der Waals surface area contributed by atoms with Crippen LogP contribution in [0.2, 0.25) is 0 Å². The van der Waals surface area contributed by atoms with Gasteiger partial charge in [0.2, 0.25) is 11.8 Å². The normalized spacial score (nSPS) is 10.2. The third-order valence-electron chi connectivity index (χ3n) is 4.66. The number of rotatable bonds is 6. The zero-order valence-electron chi connectivity index (χ0n) is 17.1. The molecule has 0 amide bonds. The van der Waals surface area contributed by atoms with Gasteiger partial charge in [-0.25, -0.2) is 4.98 Å². The molecule has 1 aromatic heterocycles. The Morgan fingerprint density at radius 3 is 2.47 bits per heavy atom. The highest BCUT2D eigenvalue weighted by molar-refractivity contribution is 6.10. The summed E-state index contributed by atoms with van der Waals surface area (Å²) < 4.78 is 6.02. The van der Waals surface area contributed by atoms with E-state index in [1.54, 1.807) is 66.9 Å². The molecule has 7 heteroatoms. The van der Waals surface area contributed by atoms with Crippen molar-refractivity contribution in [3.8, 4) is 23.4 Å². The minimum Gasteiger partial charge on any atom is -0.508 e. The number of carbonyl (C=O) groups is 1. The second kappa shape index (κ2) is 8.98. The number of phenolic OH excluding ortho intramolecular Hbond substituents is 1. The number of nitriles is 1. The Labute approximate surface area is 184 Å². The van der Waals surface area contributed by atoms with Gasteiger partial charge in [0, 0.05) is 23.0 Å². The van der Waals surface area contributed by atoms with Crippen LogP contribution < -0.4 is 10.1 Å². The number of aryl methyl sites for hydroxylation is 1. The lowest BCUT2D eigenvalue weighted by Gasteiger charge is -2.13. The van der Waals surface area contributed by atoms with Crippen LogP contribution in [0.1, 0.15) is 27.0 Å². The predicted octanol–water partition coefficient (Wildman–Crippen LogP) is 5.13. The van der Waals surface area contributed by atoms with Crippen molar-refractivity contribution in [1.29, 1.82) is 5.26 Å². The number of nitrogens with zero attached hydrogens (tertiary/aromatic N) is 3. The third-order valence-corrected chi connectivity index (χ3v) is 4.66. The van der Waals surface area contributed by atoms with Gasteiger partial charge in [0.25, 0.3) is 0 Å². The smallest absolute Gasteiger partial charge is 0.230 e. The van der Waals surface area contributed by atoms with Crippen LogP contribution >= 0.6 is 0 Å². The molecule has 3 aromatic carbocycles. The molecule has 4 rings (SSSR count). The second-order valence-corrected chi connectivity index (χ2v) is 6.97. The first kappa shape index (κ1) is 20.6. The van der Waals surface area contributed by atoms with Gasteiger partial charge in [0.05, 0.1) is 17.2 Å². The maximum atomic E-state index is 13.0. The Kier molecular flexibility index (Phi) is 5.77. The molecule has 0 aliphatic rings. The highest BCUT2D eigenvalue weighted by atomic mass is 16.5. The van der Waals surface area contributed by atoms with Crippen molar-refractivity contribution in [1.82, 2.24) is 9.97 Å². The summed E-state index contributed by atoms with van der Waals surface area (Å²) in [7, 11) is 0. The van der Waals surface area contributed by atoms with Crippen LogP contribution in [0.3, 0.4) is 0 Å². The van der Waals surface area contributed by atoms with Crippen LogP contribution in [-0.4, -0.2) is 20.9 Å². The standard InChI is InChI=1S/C25H18N4O3/c1-16-15-27-25(28-19-10-6-17(14-26)7-11-19)29-24(16)32-22-5-3-2-4-21(22)23(31)18-8-12-20(30)13-9-18/h2-13,15,30H,1H3,(H,27,28,29). The summed E-state index contributed by atoms with van der Waals surface area (Å²) in [4.78, 5) is 21.7. The van der Waals surface area contributed by atoms with E-state index in [0.29, 0.717) is 39.8 Å². The Morgan fingerprint density at radius 2 is 1.75 bits per heavy atom. The number of carbonyl (C=O) groups excluding carboxylic acids is 1. The molecule has 1 heterocycles. The van der Waals surface area contributed by atoms with Crippen LogP contribution in [0.5, 0.6) is 17.4 Å². The first-order valence-electron chi connectivity index (χ1n) is 9.75. The van der Waals surface area contributed by atoms with Crippen LogP contribution in [-0.2, 0) is 0 Å². The molecule has 0 spiro atoms. The number of hydrogen-bond acceptors (Lipinski definition) is 7. The van der Waals surface area contributed by atoms with Gasteiger partial charge < -0.3 is 15.2 Å². The van der Waals surface area contributed by atoms with Crippen molar-refractivity contribution in [3.05, 3.63) is 101 Å². The Morgan fingerprint density at radius 1 is 1.03 bits per heavy atom. The minimum absolute atomic E-state index is 0.0880. The van der Waals surface area contributed by atoms with Crippen LogP contribution in [0.4, 0.5) is 11.6 Å².